The predicted octanol–water partition coefficient (Wildman–Crippen LogP) is 1.52. The molecule has 0 spiro atoms. The standard InChI is InChI=1S/C16H22N2O3/c1-11(13-4-3-5-14(10-13)21-2)16(20)18-8-6-12(7-9-18)15(17)19/h3-5,10-12H,6-9H2,1-2H3,(H2,17,19). The molecule has 2 rings (SSSR count). The van der Waals surface area contributed by atoms with E-state index in [2.05, 4.69) is 0 Å². The summed E-state index contributed by atoms with van der Waals surface area (Å²) in [5.74, 6) is 0.264. The Morgan fingerprint density at radius 2 is 2.00 bits per heavy atom. The lowest BCUT2D eigenvalue weighted by Gasteiger charge is -2.32. The Kier molecular flexibility index (Phi) is 4.83. The fourth-order valence-corrected chi connectivity index (χ4v) is 2.71. The fourth-order valence-electron chi connectivity index (χ4n) is 2.71. The summed E-state index contributed by atoms with van der Waals surface area (Å²) in [7, 11) is 1.61. The van der Waals surface area contributed by atoms with Gasteiger partial charge in [-0.15, -0.1) is 0 Å². The van der Waals surface area contributed by atoms with Crippen LogP contribution < -0.4 is 10.5 Å². The van der Waals surface area contributed by atoms with Gasteiger partial charge in [-0.1, -0.05) is 12.1 Å². The van der Waals surface area contributed by atoms with Crippen molar-refractivity contribution in [3.05, 3.63) is 29.8 Å². The molecule has 0 radical (unpaired) electrons. The largest absolute Gasteiger partial charge is 0.497 e. The zero-order valence-electron chi connectivity index (χ0n) is 12.5. The van der Waals surface area contributed by atoms with Gasteiger partial charge in [-0.2, -0.15) is 0 Å². The zero-order chi connectivity index (χ0) is 15.4. The molecular formula is C16H22N2O3. The summed E-state index contributed by atoms with van der Waals surface area (Å²) in [4.78, 5) is 25.5. The minimum absolute atomic E-state index is 0.0890. The Balaban J connectivity index is 2.01. The third kappa shape index (κ3) is 3.54. The number of rotatable bonds is 4. The molecule has 1 atom stereocenters. The van der Waals surface area contributed by atoms with Crippen LogP contribution in [-0.4, -0.2) is 36.9 Å². The number of nitrogens with zero attached hydrogens (tertiary/aromatic N) is 1. The lowest BCUT2D eigenvalue weighted by Crippen LogP contribution is -2.43. The van der Waals surface area contributed by atoms with Crippen molar-refractivity contribution in [3.63, 3.8) is 0 Å². The molecule has 1 heterocycles. The molecule has 1 unspecified atom stereocenters. The van der Waals surface area contributed by atoms with Crippen molar-refractivity contribution >= 4 is 11.8 Å². The highest BCUT2D eigenvalue weighted by atomic mass is 16.5. The van der Waals surface area contributed by atoms with Crippen LogP contribution >= 0.6 is 0 Å². The highest BCUT2D eigenvalue weighted by molar-refractivity contribution is 5.84. The van der Waals surface area contributed by atoms with Crippen LogP contribution in [0.2, 0.25) is 0 Å². The van der Waals surface area contributed by atoms with E-state index >= 15 is 0 Å². The van der Waals surface area contributed by atoms with Gasteiger partial charge in [-0.25, -0.2) is 0 Å². The van der Waals surface area contributed by atoms with Crippen molar-refractivity contribution in [1.82, 2.24) is 4.90 Å². The first-order valence-electron chi connectivity index (χ1n) is 7.25. The van der Waals surface area contributed by atoms with Crippen LogP contribution in [0.5, 0.6) is 5.75 Å². The Morgan fingerprint density at radius 3 is 2.57 bits per heavy atom. The number of primary amides is 1. The normalized spacial score (nSPS) is 17.3. The highest BCUT2D eigenvalue weighted by Gasteiger charge is 2.28. The lowest BCUT2D eigenvalue weighted by atomic mass is 9.93. The second kappa shape index (κ2) is 6.61. The summed E-state index contributed by atoms with van der Waals surface area (Å²) in [6, 6.07) is 7.57. The topological polar surface area (TPSA) is 72.6 Å². The van der Waals surface area contributed by atoms with Crippen LogP contribution in [0.1, 0.15) is 31.2 Å². The van der Waals surface area contributed by atoms with E-state index in [1.807, 2.05) is 36.1 Å². The molecule has 0 saturated carbocycles. The van der Waals surface area contributed by atoms with Gasteiger partial charge in [-0.05, 0) is 37.5 Å². The summed E-state index contributed by atoms with van der Waals surface area (Å²) in [6.45, 7) is 3.10. The van der Waals surface area contributed by atoms with Gasteiger partial charge in [0.2, 0.25) is 11.8 Å². The molecule has 114 valence electrons. The number of piperidine rings is 1. The van der Waals surface area contributed by atoms with Crippen molar-refractivity contribution in [1.29, 1.82) is 0 Å². The van der Waals surface area contributed by atoms with Gasteiger partial charge in [-0.3, -0.25) is 9.59 Å². The van der Waals surface area contributed by atoms with E-state index in [-0.39, 0.29) is 23.7 Å². The van der Waals surface area contributed by atoms with Gasteiger partial charge in [0.05, 0.1) is 13.0 Å². The number of ether oxygens (including phenoxy) is 1. The van der Waals surface area contributed by atoms with Gasteiger partial charge in [0.25, 0.3) is 0 Å². The smallest absolute Gasteiger partial charge is 0.229 e. The molecule has 2 N–H and O–H groups in total. The van der Waals surface area contributed by atoms with Crippen molar-refractivity contribution in [2.75, 3.05) is 20.2 Å². The molecule has 1 saturated heterocycles. The first kappa shape index (κ1) is 15.4. The van der Waals surface area contributed by atoms with E-state index in [1.165, 1.54) is 0 Å². The SMILES string of the molecule is COc1cccc(C(C)C(=O)N2CCC(C(N)=O)CC2)c1. The molecule has 5 heteroatoms. The molecular weight excluding hydrogens is 268 g/mol. The number of carbonyl (C=O) groups is 2. The average Bonchev–Trinajstić information content (AvgIpc) is 2.53. The molecule has 1 aromatic carbocycles. The van der Waals surface area contributed by atoms with Crippen LogP contribution in [0.4, 0.5) is 0 Å². The van der Waals surface area contributed by atoms with Crippen molar-refractivity contribution in [3.8, 4) is 5.75 Å². The van der Waals surface area contributed by atoms with Crippen LogP contribution in [0.15, 0.2) is 24.3 Å². The average molecular weight is 290 g/mol. The molecule has 0 aromatic heterocycles. The van der Waals surface area contributed by atoms with Crippen molar-refractivity contribution in [2.45, 2.75) is 25.7 Å². The van der Waals surface area contributed by atoms with Crippen LogP contribution in [0, 0.1) is 5.92 Å². The minimum Gasteiger partial charge on any atom is -0.497 e. The van der Waals surface area contributed by atoms with Gasteiger partial charge in [0, 0.05) is 19.0 Å². The Hall–Kier alpha value is -2.04. The molecule has 2 amide bonds. The minimum atomic E-state index is -0.261. The maximum Gasteiger partial charge on any atom is 0.229 e. The summed E-state index contributed by atoms with van der Waals surface area (Å²) in [6.07, 6.45) is 1.32. The van der Waals surface area contributed by atoms with Gasteiger partial charge in [0.15, 0.2) is 0 Å². The zero-order valence-corrected chi connectivity index (χ0v) is 12.5. The molecule has 1 fully saturated rings. The second-order valence-corrected chi connectivity index (χ2v) is 5.50. The van der Waals surface area contributed by atoms with E-state index in [0.717, 1.165) is 11.3 Å². The maximum absolute atomic E-state index is 12.5. The van der Waals surface area contributed by atoms with Crippen molar-refractivity contribution in [2.24, 2.45) is 11.7 Å². The Bertz CT molecular complexity index is 522. The summed E-state index contributed by atoms with van der Waals surface area (Å²) >= 11 is 0. The monoisotopic (exact) mass is 290 g/mol. The van der Waals surface area contributed by atoms with Gasteiger partial charge < -0.3 is 15.4 Å². The molecule has 1 aromatic rings. The number of methoxy groups -OCH3 is 1. The number of nitrogens with two attached hydrogens (primary N) is 1. The quantitative estimate of drug-likeness (QED) is 0.914. The first-order chi connectivity index (χ1) is 10.0. The second-order valence-electron chi connectivity index (χ2n) is 5.50. The van der Waals surface area contributed by atoms with Gasteiger partial charge in [0.1, 0.15) is 5.75 Å². The molecule has 5 nitrogen and oxygen atoms in total. The number of amides is 2. The Labute approximate surface area is 125 Å². The highest BCUT2D eigenvalue weighted by Crippen LogP contribution is 2.25. The van der Waals surface area contributed by atoms with Crippen LogP contribution in [-0.2, 0) is 9.59 Å². The predicted molar refractivity (Wildman–Crippen MR) is 79.9 cm³/mol. The molecule has 0 bridgehead atoms. The maximum atomic E-state index is 12.5. The van der Waals surface area contributed by atoms with Crippen molar-refractivity contribution < 1.29 is 14.3 Å². The van der Waals surface area contributed by atoms with E-state index in [1.54, 1.807) is 7.11 Å². The lowest BCUT2D eigenvalue weighted by molar-refractivity contribution is -0.135. The Morgan fingerprint density at radius 1 is 1.33 bits per heavy atom. The van der Waals surface area contributed by atoms with Crippen LogP contribution in [0.25, 0.3) is 0 Å². The van der Waals surface area contributed by atoms with Gasteiger partial charge >= 0.3 is 0 Å². The van der Waals surface area contributed by atoms with E-state index in [9.17, 15) is 9.59 Å². The first-order valence-corrected chi connectivity index (χ1v) is 7.25. The molecule has 1 aliphatic heterocycles. The molecule has 1 aliphatic rings. The summed E-state index contributed by atoms with van der Waals surface area (Å²) in [5.41, 5.74) is 6.26. The third-order valence-electron chi connectivity index (χ3n) is 4.17. The number of hydrogen-bond donors (Lipinski definition) is 1. The third-order valence-corrected chi connectivity index (χ3v) is 4.17. The van der Waals surface area contributed by atoms with E-state index in [4.69, 9.17) is 10.5 Å². The number of carbonyl (C=O) groups excluding carboxylic acids is 2. The molecule has 0 aliphatic carbocycles. The number of benzene rings is 1. The van der Waals surface area contributed by atoms with E-state index in [0.29, 0.717) is 25.9 Å². The van der Waals surface area contributed by atoms with Crippen LogP contribution in [0.3, 0.4) is 0 Å². The summed E-state index contributed by atoms with van der Waals surface area (Å²) < 4.78 is 5.19. The fraction of sp³-hybridized carbons (Fsp3) is 0.500. The summed E-state index contributed by atoms with van der Waals surface area (Å²) in [5, 5.41) is 0. The van der Waals surface area contributed by atoms with E-state index < -0.39 is 0 Å². The number of likely N-dealkylation sites (tertiary alicyclic amines) is 1. The molecule has 21 heavy (non-hydrogen) atoms. The number of hydrogen-bond acceptors (Lipinski definition) is 3.